The first-order chi connectivity index (χ1) is 20.8. The third-order valence-corrected chi connectivity index (χ3v) is 8.08. The Kier molecular flexibility index (Phi) is 9.32. The quantitative estimate of drug-likeness (QED) is 0.177. The van der Waals surface area contributed by atoms with Gasteiger partial charge in [0.25, 0.3) is 11.7 Å². The Morgan fingerprint density at radius 1 is 1.11 bits per heavy atom. The number of allylic oxidation sites excluding steroid dienone is 4. The van der Waals surface area contributed by atoms with E-state index in [-0.39, 0.29) is 24.0 Å². The average Bonchev–Trinajstić information content (AvgIpc) is 3.33. The Morgan fingerprint density at radius 3 is 2.45 bits per heavy atom. The largest absolute Gasteiger partial charge is 0.330 e. The van der Waals surface area contributed by atoms with Crippen LogP contribution in [0.1, 0.15) is 50.7 Å². The van der Waals surface area contributed by atoms with Crippen molar-refractivity contribution in [2.24, 2.45) is 0 Å². The number of rotatable bonds is 8. The van der Waals surface area contributed by atoms with Crippen molar-refractivity contribution in [2.45, 2.75) is 53.6 Å². The van der Waals surface area contributed by atoms with Gasteiger partial charge >= 0.3 is 0 Å². The van der Waals surface area contributed by atoms with Crippen molar-refractivity contribution >= 4 is 22.7 Å². The molecule has 0 atom stereocenters. The molecule has 4 rings (SSSR count). The summed E-state index contributed by atoms with van der Waals surface area (Å²) in [5, 5.41) is 19.1. The molecule has 0 unspecified atom stereocenters. The number of hydrogen-bond donors (Lipinski definition) is 0. The molecule has 0 bridgehead atoms. The Labute approximate surface area is 258 Å². The fraction of sp³-hybridized carbons (Fsp3) is 0.343. The van der Waals surface area contributed by atoms with Gasteiger partial charge in [0.05, 0.1) is 23.7 Å². The monoisotopic (exact) mass is 592 g/mol. The first kappa shape index (κ1) is 32.1. The second-order valence-electron chi connectivity index (χ2n) is 12.1. The van der Waals surface area contributed by atoms with E-state index in [0.29, 0.717) is 59.5 Å². The minimum absolute atomic E-state index is 0.225. The van der Waals surface area contributed by atoms with Crippen molar-refractivity contribution in [1.29, 1.82) is 10.5 Å². The predicted octanol–water partition coefficient (Wildman–Crippen LogP) is 6.14. The fourth-order valence-corrected chi connectivity index (χ4v) is 5.87. The number of fused-ring (bicyclic) bond motifs is 1. The van der Waals surface area contributed by atoms with Crippen molar-refractivity contribution in [3.05, 3.63) is 88.6 Å². The molecule has 44 heavy (non-hydrogen) atoms. The van der Waals surface area contributed by atoms with Gasteiger partial charge in [-0.2, -0.15) is 10.5 Å². The van der Waals surface area contributed by atoms with Crippen LogP contribution in [0.4, 0.5) is 4.39 Å². The number of nitrogens with zero attached hydrogens (tertiary/aromatic N) is 6. The summed E-state index contributed by atoms with van der Waals surface area (Å²) in [6.45, 7) is 17.7. The van der Waals surface area contributed by atoms with E-state index in [0.717, 1.165) is 16.7 Å². The predicted molar refractivity (Wildman–Crippen MR) is 169 cm³/mol. The number of ketones is 1. The van der Waals surface area contributed by atoms with E-state index < -0.39 is 11.3 Å². The highest BCUT2D eigenvalue weighted by atomic mass is 19.1. The van der Waals surface area contributed by atoms with Crippen molar-refractivity contribution in [3.63, 3.8) is 0 Å². The summed E-state index contributed by atoms with van der Waals surface area (Å²) in [6, 6.07) is 12.1. The molecular formula is C35H37FN6O2. The lowest BCUT2D eigenvalue weighted by Crippen LogP contribution is -2.61. The summed E-state index contributed by atoms with van der Waals surface area (Å²) in [5.41, 5.74) is 5.22. The van der Waals surface area contributed by atoms with E-state index in [1.807, 2.05) is 39.5 Å². The Hall–Kier alpha value is -4.86. The van der Waals surface area contributed by atoms with E-state index in [4.69, 9.17) is 5.26 Å². The lowest BCUT2D eigenvalue weighted by molar-refractivity contribution is -0.114. The van der Waals surface area contributed by atoms with Gasteiger partial charge in [-0.25, -0.2) is 9.37 Å². The molecule has 1 aromatic carbocycles. The molecule has 3 aromatic rings. The molecule has 0 N–H and O–H groups in total. The average molecular weight is 593 g/mol. The van der Waals surface area contributed by atoms with Gasteiger partial charge in [0.1, 0.15) is 23.2 Å². The zero-order valence-corrected chi connectivity index (χ0v) is 26.2. The standard InChI is InChI=1S/C35H37FN6O2/c1-22(2)32(25(5)17-37)24(4)12-13-40-14-15-42(35(6,7)21-40)34(44)31-11-10-28-29(26-9-8-23(3)30(36)16-26)20-41(33(28)39-31)19-27(43)18-38/h8-12,16,20H,5,13-15,19,21H2,1-4,6-7H3/b24-12-. The van der Waals surface area contributed by atoms with Crippen LogP contribution in [0.15, 0.2) is 71.5 Å². The molecule has 1 fully saturated rings. The number of aromatic nitrogens is 2. The number of halogens is 1. The highest BCUT2D eigenvalue weighted by molar-refractivity contribution is 6.00. The second-order valence-corrected chi connectivity index (χ2v) is 12.1. The van der Waals surface area contributed by atoms with Gasteiger partial charge in [0.2, 0.25) is 0 Å². The highest BCUT2D eigenvalue weighted by Crippen LogP contribution is 2.32. The Morgan fingerprint density at radius 2 is 1.84 bits per heavy atom. The summed E-state index contributed by atoms with van der Waals surface area (Å²) in [5.74, 6) is -1.24. The molecule has 0 aliphatic carbocycles. The van der Waals surface area contributed by atoms with Crippen LogP contribution in [-0.4, -0.2) is 62.8 Å². The minimum Gasteiger partial charge on any atom is -0.330 e. The van der Waals surface area contributed by atoms with Crippen LogP contribution in [0.3, 0.4) is 0 Å². The van der Waals surface area contributed by atoms with Crippen LogP contribution in [0, 0.1) is 35.4 Å². The van der Waals surface area contributed by atoms with Crippen LogP contribution in [-0.2, 0) is 11.3 Å². The molecule has 1 amide bonds. The van der Waals surface area contributed by atoms with Gasteiger partial charge in [-0.1, -0.05) is 30.4 Å². The molecule has 3 heterocycles. The zero-order chi connectivity index (χ0) is 32.3. The van der Waals surface area contributed by atoms with Crippen molar-refractivity contribution in [2.75, 3.05) is 26.2 Å². The van der Waals surface area contributed by atoms with Gasteiger partial charge in [-0.15, -0.1) is 0 Å². The summed E-state index contributed by atoms with van der Waals surface area (Å²) < 4.78 is 16.0. The molecule has 1 aliphatic rings. The number of pyridine rings is 1. The maximum atomic E-state index is 14.4. The van der Waals surface area contributed by atoms with Gasteiger partial charge < -0.3 is 9.47 Å². The highest BCUT2D eigenvalue weighted by Gasteiger charge is 2.37. The summed E-state index contributed by atoms with van der Waals surface area (Å²) >= 11 is 0. The zero-order valence-electron chi connectivity index (χ0n) is 26.2. The number of nitriles is 2. The number of amides is 1. The Bertz CT molecular complexity index is 1810. The third kappa shape index (κ3) is 6.54. The van der Waals surface area contributed by atoms with E-state index in [2.05, 4.69) is 28.6 Å². The maximum absolute atomic E-state index is 14.4. The molecule has 9 heteroatoms. The first-order valence-electron chi connectivity index (χ1n) is 14.4. The van der Waals surface area contributed by atoms with Crippen LogP contribution < -0.4 is 0 Å². The number of carbonyl (C=O) groups is 2. The maximum Gasteiger partial charge on any atom is 0.273 e. The summed E-state index contributed by atoms with van der Waals surface area (Å²) in [4.78, 5) is 34.7. The van der Waals surface area contributed by atoms with Gasteiger partial charge in [-0.3, -0.25) is 14.5 Å². The number of hydrogen-bond acceptors (Lipinski definition) is 6. The van der Waals surface area contributed by atoms with Crippen molar-refractivity contribution in [3.8, 4) is 23.3 Å². The first-order valence-corrected chi connectivity index (χ1v) is 14.4. The normalized spacial score (nSPS) is 15.0. The van der Waals surface area contributed by atoms with Gasteiger partial charge in [0.15, 0.2) is 0 Å². The summed E-state index contributed by atoms with van der Waals surface area (Å²) in [7, 11) is 0. The third-order valence-electron chi connectivity index (χ3n) is 8.08. The summed E-state index contributed by atoms with van der Waals surface area (Å²) in [6.07, 6.45) is 3.78. The van der Waals surface area contributed by atoms with Crippen LogP contribution in [0.2, 0.25) is 0 Å². The molecular weight excluding hydrogens is 555 g/mol. The number of Topliss-reactive ketones (excluding diaryl/α,β-unsaturated/α-hetero) is 1. The van der Waals surface area contributed by atoms with Crippen LogP contribution in [0.5, 0.6) is 0 Å². The molecule has 226 valence electrons. The number of piperazine rings is 1. The molecule has 1 saturated heterocycles. The molecule has 0 saturated carbocycles. The minimum atomic E-state index is -0.655. The molecule has 0 spiro atoms. The molecule has 1 aliphatic heterocycles. The van der Waals surface area contributed by atoms with Gasteiger partial charge in [-0.05, 0) is 82.0 Å². The van der Waals surface area contributed by atoms with E-state index >= 15 is 0 Å². The van der Waals surface area contributed by atoms with E-state index in [1.165, 1.54) is 6.07 Å². The molecule has 8 nitrogen and oxygen atoms in total. The number of aryl methyl sites for hydroxylation is 1. The lowest BCUT2D eigenvalue weighted by atomic mass is 9.95. The fourth-order valence-electron chi connectivity index (χ4n) is 5.87. The van der Waals surface area contributed by atoms with Crippen LogP contribution >= 0.6 is 0 Å². The van der Waals surface area contributed by atoms with E-state index in [1.54, 1.807) is 48.0 Å². The lowest BCUT2D eigenvalue weighted by Gasteiger charge is -2.47. The van der Waals surface area contributed by atoms with Crippen molar-refractivity contribution in [1.82, 2.24) is 19.4 Å². The van der Waals surface area contributed by atoms with Gasteiger partial charge in [0, 0.05) is 43.3 Å². The molecule has 0 radical (unpaired) electrons. The van der Waals surface area contributed by atoms with E-state index in [9.17, 15) is 19.2 Å². The van der Waals surface area contributed by atoms with Crippen LogP contribution in [0.25, 0.3) is 22.2 Å². The Balaban J connectivity index is 1.61. The number of benzene rings is 1. The molecule has 2 aromatic heterocycles. The van der Waals surface area contributed by atoms with Crippen molar-refractivity contribution < 1.29 is 14.0 Å². The number of carbonyl (C=O) groups excluding carboxylic acids is 2. The second kappa shape index (κ2) is 12.8. The smallest absolute Gasteiger partial charge is 0.273 e. The topological polar surface area (TPSA) is 106 Å². The SMILES string of the molecule is C=C(C#N)C(=C(C)C)/C(C)=C\CN1CCN(C(=O)c2ccc3c(-c4ccc(C)c(F)c4)cn(CC(=O)C#N)c3n2)C(C)(C)C1.